The standard InChI is InChI=1S/C14H28N2.C13H26N2.2C13H28N2.C13H27N.C12H24N2O.C12H26N2/c1-13(2,3)15-9-11-7-8-12(10-15)16(11)14(4,5)6;1-12(2,3)14-8-10-7-11(9-14)15(10)13(4,5)6;2*1-11-10-14(12(2,3)4)8-9-15(11)13(5,6)7;1-12(2,3)11-7-9-14(10-8-11)13(4,5)6;1-11(2,3)13-7-8-14(10(15)9-13)12(4,5)6;1-11(2,3)13-7-9-14(10-8-13)12(4,5)6/h11-12H,7-10H2,1-6H3;10-11H,7-9H2,1-6H3;2*11H,8-10H2,1-7H3;11H,7-10H2,1-6H3;7-9H2,1-6H3;7-10H2,1-6H3/t;;2*11-;;;/m..00.../s1. The number of nitrogens with zero attached hydrogens (tertiary/aromatic N) is 13. The van der Waals surface area contributed by atoms with Crippen molar-refractivity contribution >= 4 is 5.91 Å². The largest absolute Gasteiger partial charge is 0.335 e. The molecule has 0 radical (unpaired) electrons. The topological polar surface area (TPSA) is 59.2 Å². The molecule has 6 atom stereocenters. The lowest BCUT2D eigenvalue weighted by atomic mass is 9.75. The van der Waals surface area contributed by atoms with Gasteiger partial charge in [-0.1, -0.05) is 20.8 Å². The van der Waals surface area contributed by atoms with Gasteiger partial charge in [-0.15, -0.1) is 0 Å². The lowest BCUT2D eigenvalue weighted by Gasteiger charge is -2.63. The molecule has 14 heteroatoms. The first-order valence-corrected chi connectivity index (χ1v) is 42.6. The number of hydrogen-bond acceptors (Lipinski definition) is 13. The van der Waals surface area contributed by atoms with Crippen LogP contribution in [0.25, 0.3) is 0 Å². The summed E-state index contributed by atoms with van der Waals surface area (Å²) < 4.78 is 0. The molecule has 0 aliphatic carbocycles. The van der Waals surface area contributed by atoms with Crippen LogP contribution in [0, 0.1) is 11.3 Å². The zero-order chi connectivity index (χ0) is 81.1. The Balaban J connectivity index is 0.000000315. The fraction of sp³-hybridized carbons (Fsp3) is 0.989. The third-order valence-electron chi connectivity index (χ3n) is 24.8. The molecule has 0 saturated carbocycles. The molecule has 0 aromatic heterocycles. The molecule has 618 valence electrons. The lowest BCUT2D eigenvalue weighted by molar-refractivity contribution is -0.144. The van der Waals surface area contributed by atoms with Gasteiger partial charge in [0.15, 0.2) is 0 Å². The van der Waals surface area contributed by atoms with Crippen molar-refractivity contribution in [2.24, 2.45) is 11.3 Å². The number of piperazine rings is 6. The van der Waals surface area contributed by atoms with E-state index in [2.05, 4.69) is 363 Å². The first kappa shape index (κ1) is 97.2. The minimum absolute atomic E-state index is 0.0406. The highest BCUT2D eigenvalue weighted by Gasteiger charge is 2.51. The molecule has 10 heterocycles. The molecule has 10 aliphatic heterocycles. The molecule has 4 bridgehead atoms. The summed E-state index contributed by atoms with van der Waals surface area (Å²) in [5, 5.41) is 0. The van der Waals surface area contributed by atoms with E-state index in [0.29, 0.717) is 85.0 Å². The summed E-state index contributed by atoms with van der Waals surface area (Å²) in [7, 11) is 0. The predicted molar refractivity (Wildman–Crippen MR) is 458 cm³/mol. The molecule has 4 unspecified atom stereocenters. The minimum Gasteiger partial charge on any atom is -0.335 e. The molecule has 0 aromatic carbocycles. The van der Waals surface area contributed by atoms with Crippen LogP contribution in [0.1, 0.15) is 337 Å². The molecule has 1 amide bonds. The smallest absolute Gasteiger partial charge is 0.237 e. The molecule has 0 spiro atoms. The van der Waals surface area contributed by atoms with E-state index in [1.165, 1.54) is 137 Å². The Kier molecular flexibility index (Phi) is 33.6. The van der Waals surface area contributed by atoms with Crippen molar-refractivity contribution in [2.75, 3.05) is 124 Å². The van der Waals surface area contributed by atoms with E-state index in [-0.39, 0.29) is 17.0 Å². The number of fused-ring (bicyclic) bond motifs is 4. The maximum absolute atomic E-state index is 12.0. The van der Waals surface area contributed by atoms with Crippen molar-refractivity contribution in [3.63, 3.8) is 0 Å². The first-order chi connectivity index (χ1) is 46.2. The summed E-state index contributed by atoms with van der Waals surface area (Å²) in [6, 6.07) is 4.53. The molecule has 10 rings (SSSR count). The Bertz CT molecular complexity index is 2290. The second-order valence-electron chi connectivity index (χ2n) is 47.8. The molecular formula is C90H187N13O. The van der Waals surface area contributed by atoms with Gasteiger partial charge in [-0.25, -0.2) is 0 Å². The van der Waals surface area contributed by atoms with Gasteiger partial charge in [-0.2, -0.15) is 0 Å². The van der Waals surface area contributed by atoms with Crippen LogP contribution in [0.5, 0.6) is 0 Å². The van der Waals surface area contributed by atoms with Crippen LogP contribution in [0.4, 0.5) is 0 Å². The van der Waals surface area contributed by atoms with E-state index in [1.807, 2.05) is 4.90 Å². The van der Waals surface area contributed by atoms with Gasteiger partial charge in [0.2, 0.25) is 5.91 Å². The van der Waals surface area contributed by atoms with Crippen LogP contribution in [0.3, 0.4) is 0 Å². The maximum Gasteiger partial charge on any atom is 0.237 e. The van der Waals surface area contributed by atoms with Crippen LogP contribution in [0.2, 0.25) is 0 Å². The summed E-state index contributed by atoms with van der Waals surface area (Å²) in [6.45, 7) is 123. The Hall–Kier alpha value is -1.01. The van der Waals surface area contributed by atoms with Crippen LogP contribution >= 0.6 is 0 Å². The Morgan fingerprint density at radius 2 is 0.500 bits per heavy atom. The number of piperidine rings is 2. The van der Waals surface area contributed by atoms with Crippen LogP contribution in [0.15, 0.2) is 0 Å². The van der Waals surface area contributed by atoms with Gasteiger partial charge in [0.1, 0.15) is 0 Å². The van der Waals surface area contributed by atoms with Crippen LogP contribution in [-0.4, -0.2) is 302 Å². The van der Waals surface area contributed by atoms with E-state index in [0.717, 1.165) is 43.2 Å². The van der Waals surface area contributed by atoms with E-state index in [9.17, 15) is 4.79 Å². The summed E-state index contributed by atoms with van der Waals surface area (Å²) in [5.41, 5.74) is 4.24. The Labute approximate surface area is 651 Å². The van der Waals surface area contributed by atoms with Crippen molar-refractivity contribution in [3.8, 4) is 0 Å². The van der Waals surface area contributed by atoms with Gasteiger partial charge in [-0.05, 0) is 340 Å². The lowest BCUT2D eigenvalue weighted by Crippen LogP contribution is -2.74. The van der Waals surface area contributed by atoms with Gasteiger partial charge < -0.3 is 4.90 Å². The van der Waals surface area contributed by atoms with Crippen molar-refractivity contribution < 1.29 is 4.79 Å². The van der Waals surface area contributed by atoms with Gasteiger partial charge in [0, 0.05) is 213 Å². The van der Waals surface area contributed by atoms with Gasteiger partial charge >= 0.3 is 0 Å². The molecular weight excluding hydrogens is 1280 g/mol. The predicted octanol–water partition coefficient (Wildman–Crippen LogP) is 17.7. The van der Waals surface area contributed by atoms with Crippen molar-refractivity contribution in [1.29, 1.82) is 0 Å². The Morgan fingerprint density at radius 1 is 0.240 bits per heavy atom. The average molecular weight is 1470 g/mol. The minimum atomic E-state index is -0.0406. The zero-order valence-electron chi connectivity index (χ0n) is 78.7. The summed E-state index contributed by atoms with van der Waals surface area (Å²) in [5.74, 6) is 1.17. The number of likely N-dealkylation sites (tertiary alicyclic amines) is 2. The van der Waals surface area contributed by atoms with Crippen LogP contribution in [-0.2, 0) is 4.79 Å². The number of carbonyl (C=O) groups is 1. The maximum atomic E-state index is 12.0. The summed E-state index contributed by atoms with van der Waals surface area (Å²) in [4.78, 5) is 45.2. The molecule has 0 aromatic rings. The van der Waals surface area contributed by atoms with Gasteiger partial charge in [-0.3, -0.25) is 63.6 Å². The monoisotopic (exact) mass is 1470 g/mol. The van der Waals surface area contributed by atoms with Crippen molar-refractivity contribution in [2.45, 2.75) is 445 Å². The van der Waals surface area contributed by atoms with E-state index in [4.69, 9.17) is 0 Å². The zero-order valence-corrected chi connectivity index (χ0v) is 78.7. The van der Waals surface area contributed by atoms with E-state index >= 15 is 0 Å². The van der Waals surface area contributed by atoms with Crippen molar-refractivity contribution in [1.82, 2.24) is 63.7 Å². The number of amides is 1. The molecule has 10 fully saturated rings. The molecule has 0 N–H and O–H groups in total. The highest BCUT2D eigenvalue weighted by molar-refractivity contribution is 5.79. The number of rotatable bonds is 0. The highest BCUT2D eigenvalue weighted by atomic mass is 16.2. The quantitative estimate of drug-likeness (QED) is 0.232. The number of carbonyl (C=O) groups excluding carboxylic acids is 1. The summed E-state index contributed by atoms with van der Waals surface area (Å²) in [6.07, 6.45) is 6.97. The highest BCUT2D eigenvalue weighted by Crippen LogP contribution is 2.42. The fourth-order valence-corrected chi connectivity index (χ4v) is 18.3. The normalized spacial score (nSPS) is 27.0. The van der Waals surface area contributed by atoms with Crippen molar-refractivity contribution in [3.05, 3.63) is 0 Å². The average Bonchev–Trinajstić information content (AvgIpc) is 1.04. The first-order valence-electron chi connectivity index (χ1n) is 42.6. The second-order valence-corrected chi connectivity index (χ2v) is 47.8. The van der Waals surface area contributed by atoms with Gasteiger partial charge in [0.05, 0.1) is 6.54 Å². The number of hydrogen-bond donors (Lipinski definition) is 0. The fourth-order valence-electron chi connectivity index (χ4n) is 18.3. The van der Waals surface area contributed by atoms with Crippen LogP contribution < -0.4 is 0 Å². The van der Waals surface area contributed by atoms with Gasteiger partial charge in [0.25, 0.3) is 0 Å². The summed E-state index contributed by atoms with van der Waals surface area (Å²) >= 11 is 0. The Morgan fingerprint density at radius 3 is 0.740 bits per heavy atom. The molecule has 14 nitrogen and oxygen atoms in total. The molecule has 104 heavy (non-hydrogen) atoms. The molecule has 10 aliphatic rings. The van der Waals surface area contributed by atoms with E-state index < -0.39 is 0 Å². The van der Waals surface area contributed by atoms with E-state index in [1.54, 1.807) is 0 Å². The second kappa shape index (κ2) is 36.0. The molecule has 10 saturated heterocycles. The third-order valence-corrected chi connectivity index (χ3v) is 24.8. The third kappa shape index (κ3) is 30.2. The SMILES string of the molecule is CC(C)(C)C1CCN(C(C)(C)C)CC1.CC(C)(C)N1CC2CC(C1)N2C(C)(C)C.CC(C)(C)N1CC2CCC(C1)N2C(C)(C)C.CC(C)(C)N1CCN(C(C)(C)C)C(=O)C1.CC(C)(C)N1CCN(C(C)(C)C)CC1.C[C@H]1CN(C(C)(C)C)CCN1C(C)(C)C.C[C@H]1CN(C(C)(C)C)CCN1C(C)(C)C.